The van der Waals surface area contributed by atoms with Gasteiger partial charge in [0.05, 0.1) is 22.7 Å². The van der Waals surface area contributed by atoms with E-state index in [0.29, 0.717) is 31.9 Å². The third-order valence-electron chi connectivity index (χ3n) is 2.74. The maximum Gasteiger partial charge on any atom is 0.336 e. The highest BCUT2D eigenvalue weighted by atomic mass is 35.5. The Morgan fingerprint density at radius 2 is 1.75 bits per heavy atom. The van der Waals surface area contributed by atoms with Crippen molar-refractivity contribution in [1.82, 2.24) is 0 Å². The van der Waals surface area contributed by atoms with E-state index < -0.39 is 5.97 Å². The van der Waals surface area contributed by atoms with Crippen molar-refractivity contribution in [3.05, 3.63) is 51.0 Å². The van der Waals surface area contributed by atoms with Crippen LogP contribution in [0, 0.1) is 0 Å². The molecule has 0 aromatic heterocycles. The number of carboxylic acid groups (broad SMARTS) is 1. The van der Waals surface area contributed by atoms with Gasteiger partial charge in [0.2, 0.25) is 0 Å². The van der Waals surface area contributed by atoms with Crippen LogP contribution in [0.1, 0.15) is 10.4 Å². The molecule has 0 spiro atoms. The molecular formula is C14H9Cl3O3. The molecule has 0 bridgehead atoms. The Bertz CT molecular complexity index is 684. The van der Waals surface area contributed by atoms with Gasteiger partial charge >= 0.3 is 5.97 Å². The molecule has 0 amide bonds. The SMILES string of the molecule is COc1cc(Cl)c(-c2cc(Cl)ccc2C(=O)O)cc1Cl. The Morgan fingerprint density at radius 3 is 2.35 bits per heavy atom. The Balaban J connectivity index is 2.71. The number of methoxy groups -OCH3 is 1. The van der Waals surface area contributed by atoms with E-state index in [9.17, 15) is 9.90 Å². The number of hydrogen-bond acceptors (Lipinski definition) is 2. The third kappa shape index (κ3) is 2.85. The molecule has 0 saturated carbocycles. The average molecular weight is 332 g/mol. The number of halogens is 3. The van der Waals surface area contributed by atoms with Crippen LogP contribution in [0.2, 0.25) is 15.1 Å². The van der Waals surface area contributed by atoms with E-state index >= 15 is 0 Å². The molecule has 20 heavy (non-hydrogen) atoms. The lowest BCUT2D eigenvalue weighted by molar-refractivity contribution is 0.0698. The number of aromatic carboxylic acids is 1. The smallest absolute Gasteiger partial charge is 0.336 e. The molecule has 0 heterocycles. The fourth-order valence-corrected chi connectivity index (χ4v) is 2.49. The molecule has 2 aromatic rings. The lowest BCUT2D eigenvalue weighted by Gasteiger charge is -2.11. The summed E-state index contributed by atoms with van der Waals surface area (Å²) in [5.41, 5.74) is 0.981. The van der Waals surface area contributed by atoms with Crippen molar-refractivity contribution in [3.63, 3.8) is 0 Å². The summed E-state index contributed by atoms with van der Waals surface area (Å²) in [5.74, 6) is -0.654. The summed E-state index contributed by atoms with van der Waals surface area (Å²) in [6.45, 7) is 0. The second-order valence-corrected chi connectivity index (χ2v) is 5.21. The molecule has 0 aliphatic rings. The highest BCUT2D eigenvalue weighted by molar-refractivity contribution is 6.37. The van der Waals surface area contributed by atoms with Crippen LogP contribution >= 0.6 is 34.8 Å². The van der Waals surface area contributed by atoms with E-state index in [1.807, 2.05) is 0 Å². The Labute approximate surface area is 130 Å². The average Bonchev–Trinajstić information content (AvgIpc) is 2.40. The zero-order valence-corrected chi connectivity index (χ0v) is 12.6. The van der Waals surface area contributed by atoms with E-state index in [4.69, 9.17) is 39.5 Å². The number of benzene rings is 2. The lowest BCUT2D eigenvalue weighted by Crippen LogP contribution is -2.00. The molecule has 0 saturated heterocycles. The summed E-state index contributed by atoms with van der Waals surface area (Å²) in [5, 5.41) is 10.3. The van der Waals surface area contributed by atoms with E-state index in [2.05, 4.69) is 0 Å². The molecule has 2 rings (SSSR count). The molecule has 104 valence electrons. The van der Waals surface area contributed by atoms with Gasteiger partial charge in [0.1, 0.15) is 5.75 Å². The van der Waals surface area contributed by atoms with Gasteiger partial charge in [-0.15, -0.1) is 0 Å². The van der Waals surface area contributed by atoms with E-state index in [1.54, 1.807) is 6.07 Å². The van der Waals surface area contributed by atoms with Crippen LogP contribution < -0.4 is 4.74 Å². The normalized spacial score (nSPS) is 10.4. The predicted molar refractivity (Wildman–Crippen MR) is 80.4 cm³/mol. The first-order valence-corrected chi connectivity index (χ1v) is 6.63. The molecule has 0 unspecified atom stereocenters. The number of carbonyl (C=O) groups is 1. The number of rotatable bonds is 3. The van der Waals surface area contributed by atoms with Gasteiger partial charge in [0.25, 0.3) is 0 Å². The first-order valence-electron chi connectivity index (χ1n) is 5.50. The van der Waals surface area contributed by atoms with Crippen molar-refractivity contribution in [1.29, 1.82) is 0 Å². The molecule has 3 nitrogen and oxygen atoms in total. The highest BCUT2D eigenvalue weighted by Crippen LogP contribution is 2.38. The van der Waals surface area contributed by atoms with Gasteiger partial charge < -0.3 is 9.84 Å². The summed E-state index contributed by atoms with van der Waals surface area (Å²) in [7, 11) is 1.47. The first kappa shape index (κ1) is 15.0. The molecule has 0 fully saturated rings. The maximum absolute atomic E-state index is 11.3. The molecule has 0 radical (unpaired) electrons. The molecule has 0 aliphatic carbocycles. The second-order valence-electron chi connectivity index (χ2n) is 3.96. The van der Waals surface area contributed by atoms with Crippen LogP contribution in [0.4, 0.5) is 0 Å². The van der Waals surface area contributed by atoms with Crippen LogP contribution in [0.25, 0.3) is 11.1 Å². The second kappa shape index (κ2) is 5.92. The first-order chi connectivity index (χ1) is 9.43. The highest BCUT2D eigenvalue weighted by Gasteiger charge is 2.16. The molecular weight excluding hydrogens is 323 g/mol. The van der Waals surface area contributed by atoms with Gasteiger partial charge in [-0.2, -0.15) is 0 Å². The lowest BCUT2D eigenvalue weighted by atomic mass is 9.99. The minimum atomic E-state index is -1.07. The third-order valence-corrected chi connectivity index (χ3v) is 3.59. The van der Waals surface area contributed by atoms with Crippen LogP contribution in [0.3, 0.4) is 0 Å². The summed E-state index contributed by atoms with van der Waals surface area (Å²) < 4.78 is 5.06. The molecule has 1 N–H and O–H groups in total. The largest absolute Gasteiger partial charge is 0.495 e. The molecule has 0 aliphatic heterocycles. The molecule has 0 atom stereocenters. The van der Waals surface area contributed by atoms with Gasteiger partial charge in [0.15, 0.2) is 0 Å². The van der Waals surface area contributed by atoms with E-state index in [0.717, 1.165) is 0 Å². The van der Waals surface area contributed by atoms with Crippen molar-refractivity contribution < 1.29 is 14.6 Å². The minimum absolute atomic E-state index is 0.0949. The van der Waals surface area contributed by atoms with Crippen LogP contribution in [0.5, 0.6) is 5.75 Å². The van der Waals surface area contributed by atoms with Crippen molar-refractivity contribution in [2.24, 2.45) is 0 Å². The van der Waals surface area contributed by atoms with Crippen molar-refractivity contribution >= 4 is 40.8 Å². The zero-order valence-electron chi connectivity index (χ0n) is 10.3. The minimum Gasteiger partial charge on any atom is -0.495 e. The van der Waals surface area contributed by atoms with E-state index in [1.165, 1.54) is 31.4 Å². The Kier molecular flexibility index (Phi) is 4.43. The summed E-state index contributed by atoms with van der Waals surface area (Å²) in [6.07, 6.45) is 0. The number of hydrogen-bond donors (Lipinski definition) is 1. The fourth-order valence-electron chi connectivity index (χ4n) is 1.82. The zero-order chi connectivity index (χ0) is 14.9. The van der Waals surface area contributed by atoms with Gasteiger partial charge in [-0.05, 0) is 29.8 Å². The molecule has 2 aromatic carbocycles. The summed E-state index contributed by atoms with van der Waals surface area (Å²) >= 11 is 18.2. The van der Waals surface area contributed by atoms with Crippen molar-refractivity contribution in [3.8, 4) is 16.9 Å². The van der Waals surface area contributed by atoms with Crippen LogP contribution in [-0.2, 0) is 0 Å². The van der Waals surface area contributed by atoms with Gasteiger partial charge in [-0.25, -0.2) is 4.79 Å². The molecule has 6 heteroatoms. The van der Waals surface area contributed by atoms with Crippen LogP contribution in [-0.4, -0.2) is 18.2 Å². The number of ether oxygens (including phenoxy) is 1. The van der Waals surface area contributed by atoms with Crippen LogP contribution in [0.15, 0.2) is 30.3 Å². The van der Waals surface area contributed by atoms with Crippen molar-refractivity contribution in [2.75, 3.05) is 7.11 Å². The van der Waals surface area contributed by atoms with Gasteiger partial charge in [0, 0.05) is 16.7 Å². The summed E-state index contributed by atoms with van der Waals surface area (Å²) in [6, 6.07) is 7.56. The summed E-state index contributed by atoms with van der Waals surface area (Å²) in [4.78, 5) is 11.3. The predicted octanol–water partition coefficient (Wildman–Crippen LogP) is 5.02. The standard InChI is InChI=1S/C14H9Cl3O3/c1-20-13-6-11(16)10(5-12(13)17)9-4-7(15)2-3-8(9)14(18)19/h2-6H,1H3,(H,18,19). The topological polar surface area (TPSA) is 46.5 Å². The Hall–Kier alpha value is -1.42. The van der Waals surface area contributed by atoms with Gasteiger partial charge in [-0.3, -0.25) is 0 Å². The van der Waals surface area contributed by atoms with Crippen molar-refractivity contribution in [2.45, 2.75) is 0 Å². The van der Waals surface area contributed by atoms with E-state index in [-0.39, 0.29) is 5.56 Å². The fraction of sp³-hybridized carbons (Fsp3) is 0.0714. The van der Waals surface area contributed by atoms with Gasteiger partial charge in [-0.1, -0.05) is 34.8 Å². The number of carboxylic acids is 1. The Morgan fingerprint density at radius 1 is 1.05 bits per heavy atom. The quantitative estimate of drug-likeness (QED) is 0.859. The monoisotopic (exact) mass is 330 g/mol. The maximum atomic E-state index is 11.3.